The molecule has 1 saturated heterocycles. The first kappa shape index (κ1) is 14.6. The number of benzene rings is 1. The molecule has 0 aliphatic carbocycles. The highest BCUT2D eigenvalue weighted by Gasteiger charge is 2.13. The Morgan fingerprint density at radius 2 is 2.00 bits per heavy atom. The van der Waals surface area contributed by atoms with Gasteiger partial charge in [-0.15, -0.1) is 0 Å². The predicted molar refractivity (Wildman–Crippen MR) is 86.2 cm³/mol. The van der Waals surface area contributed by atoms with E-state index in [1.54, 1.807) is 12.3 Å². The fourth-order valence-electron chi connectivity index (χ4n) is 2.55. The summed E-state index contributed by atoms with van der Waals surface area (Å²) in [5, 5.41) is 1.69. The van der Waals surface area contributed by atoms with Crippen molar-refractivity contribution in [1.29, 1.82) is 0 Å². The number of fused-ring (bicyclic) bond motifs is 1. The van der Waals surface area contributed by atoms with Gasteiger partial charge in [0, 0.05) is 50.4 Å². The van der Waals surface area contributed by atoms with Crippen LogP contribution in [0.25, 0.3) is 10.9 Å². The number of pyridine rings is 1. The van der Waals surface area contributed by atoms with Gasteiger partial charge in [-0.2, -0.15) is 0 Å². The summed E-state index contributed by atoms with van der Waals surface area (Å²) in [5.74, 6) is 0.853. The number of hydrogen-bond donors (Lipinski definition) is 0. The largest absolute Gasteiger partial charge is 0.492 e. The summed E-state index contributed by atoms with van der Waals surface area (Å²) < 4.78 is 5.85. The second-order valence-corrected chi connectivity index (χ2v) is 5.87. The summed E-state index contributed by atoms with van der Waals surface area (Å²) in [6.07, 6.45) is 1.72. The van der Waals surface area contributed by atoms with Crippen LogP contribution in [0.2, 0.25) is 5.02 Å². The van der Waals surface area contributed by atoms with E-state index < -0.39 is 0 Å². The van der Waals surface area contributed by atoms with Crippen LogP contribution in [0.15, 0.2) is 30.5 Å². The lowest BCUT2D eigenvalue weighted by Crippen LogP contribution is -2.45. The molecule has 0 saturated carbocycles. The minimum atomic E-state index is 0.704. The predicted octanol–water partition coefficient (Wildman–Crippen LogP) is 2.51. The topological polar surface area (TPSA) is 28.6 Å². The van der Waals surface area contributed by atoms with E-state index in [2.05, 4.69) is 21.8 Å². The number of halogens is 1. The van der Waals surface area contributed by atoms with Crippen LogP contribution >= 0.6 is 11.6 Å². The Hall–Kier alpha value is -1.36. The molecule has 0 bridgehead atoms. The van der Waals surface area contributed by atoms with Gasteiger partial charge in [-0.25, -0.2) is 0 Å². The van der Waals surface area contributed by atoms with E-state index in [0.29, 0.717) is 6.61 Å². The molecule has 21 heavy (non-hydrogen) atoms. The summed E-state index contributed by atoms with van der Waals surface area (Å²) in [5.41, 5.74) is 0.875. The van der Waals surface area contributed by atoms with E-state index in [1.807, 2.05) is 18.2 Å². The van der Waals surface area contributed by atoms with Crippen molar-refractivity contribution in [2.45, 2.75) is 0 Å². The molecule has 0 spiro atoms. The van der Waals surface area contributed by atoms with Gasteiger partial charge in [-0.05, 0) is 25.2 Å². The van der Waals surface area contributed by atoms with E-state index in [0.717, 1.165) is 54.4 Å². The van der Waals surface area contributed by atoms with E-state index in [-0.39, 0.29) is 0 Å². The molecular weight excluding hydrogens is 286 g/mol. The van der Waals surface area contributed by atoms with E-state index >= 15 is 0 Å². The molecule has 2 heterocycles. The third-order valence-electron chi connectivity index (χ3n) is 3.93. The van der Waals surface area contributed by atoms with Crippen LogP contribution in [-0.4, -0.2) is 61.2 Å². The molecule has 0 radical (unpaired) electrons. The standard InChI is InChI=1S/C16H20ClN3O/c1-19-6-8-20(9-7-19)10-11-21-13-2-3-14-15(17)4-5-18-16(14)12-13/h2-5,12H,6-11H2,1H3. The van der Waals surface area contributed by atoms with Crippen molar-refractivity contribution in [3.63, 3.8) is 0 Å². The Morgan fingerprint density at radius 1 is 1.19 bits per heavy atom. The van der Waals surface area contributed by atoms with Crippen molar-refractivity contribution in [3.8, 4) is 5.75 Å². The van der Waals surface area contributed by atoms with Gasteiger partial charge < -0.3 is 9.64 Å². The summed E-state index contributed by atoms with van der Waals surface area (Å²) >= 11 is 6.14. The van der Waals surface area contributed by atoms with Crippen LogP contribution in [0.4, 0.5) is 0 Å². The minimum Gasteiger partial charge on any atom is -0.492 e. The average Bonchev–Trinajstić information content (AvgIpc) is 2.49. The van der Waals surface area contributed by atoms with Gasteiger partial charge >= 0.3 is 0 Å². The molecule has 0 N–H and O–H groups in total. The summed E-state index contributed by atoms with van der Waals surface area (Å²) in [7, 11) is 2.17. The quantitative estimate of drug-likeness (QED) is 0.868. The number of aromatic nitrogens is 1. The van der Waals surface area contributed by atoms with Crippen molar-refractivity contribution in [2.75, 3.05) is 46.4 Å². The fourth-order valence-corrected chi connectivity index (χ4v) is 2.76. The maximum absolute atomic E-state index is 6.14. The lowest BCUT2D eigenvalue weighted by molar-refractivity contribution is 0.134. The first-order chi connectivity index (χ1) is 10.2. The van der Waals surface area contributed by atoms with Gasteiger partial charge in [-0.3, -0.25) is 9.88 Å². The first-order valence-corrected chi connectivity index (χ1v) is 7.68. The van der Waals surface area contributed by atoms with Crippen molar-refractivity contribution < 1.29 is 4.74 Å². The zero-order valence-electron chi connectivity index (χ0n) is 12.3. The first-order valence-electron chi connectivity index (χ1n) is 7.30. The number of rotatable bonds is 4. The molecule has 1 aromatic heterocycles. The normalized spacial score (nSPS) is 17.2. The Bertz CT molecular complexity index is 611. The number of nitrogens with zero attached hydrogens (tertiary/aromatic N) is 3. The van der Waals surface area contributed by atoms with Crippen LogP contribution in [0.5, 0.6) is 5.75 Å². The number of hydrogen-bond acceptors (Lipinski definition) is 4. The minimum absolute atomic E-state index is 0.704. The monoisotopic (exact) mass is 305 g/mol. The summed E-state index contributed by atoms with van der Waals surface area (Å²) in [6, 6.07) is 7.68. The average molecular weight is 306 g/mol. The van der Waals surface area contributed by atoms with Crippen molar-refractivity contribution in [3.05, 3.63) is 35.5 Å². The molecule has 3 rings (SSSR count). The zero-order valence-corrected chi connectivity index (χ0v) is 13.0. The Balaban J connectivity index is 1.56. The molecule has 0 amide bonds. The van der Waals surface area contributed by atoms with E-state index in [1.165, 1.54) is 0 Å². The van der Waals surface area contributed by atoms with Gasteiger partial charge in [0.15, 0.2) is 0 Å². The summed E-state index contributed by atoms with van der Waals surface area (Å²) in [6.45, 7) is 6.19. The molecule has 1 aliphatic rings. The van der Waals surface area contributed by atoms with Crippen molar-refractivity contribution in [2.24, 2.45) is 0 Å². The molecule has 1 aromatic carbocycles. The van der Waals surface area contributed by atoms with Crippen LogP contribution in [0.3, 0.4) is 0 Å². The van der Waals surface area contributed by atoms with Gasteiger partial charge in [0.2, 0.25) is 0 Å². The Kier molecular flexibility index (Phi) is 4.58. The lowest BCUT2D eigenvalue weighted by atomic mass is 10.2. The maximum atomic E-state index is 6.14. The number of ether oxygens (including phenoxy) is 1. The molecule has 4 nitrogen and oxygen atoms in total. The van der Waals surface area contributed by atoms with Crippen molar-refractivity contribution >= 4 is 22.5 Å². The smallest absolute Gasteiger partial charge is 0.121 e. The second-order valence-electron chi connectivity index (χ2n) is 5.47. The highest BCUT2D eigenvalue weighted by Crippen LogP contribution is 2.25. The van der Waals surface area contributed by atoms with E-state index in [4.69, 9.17) is 16.3 Å². The third-order valence-corrected chi connectivity index (χ3v) is 4.26. The molecule has 0 atom stereocenters. The molecule has 0 unspecified atom stereocenters. The van der Waals surface area contributed by atoms with Crippen LogP contribution in [0, 0.1) is 0 Å². The van der Waals surface area contributed by atoms with E-state index in [9.17, 15) is 0 Å². The molecule has 5 heteroatoms. The molecule has 1 aliphatic heterocycles. The van der Waals surface area contributed by atoms with Gasteiger partial charge in [0.05, 0.1) is 10.5 Å². The number of piperazine rings is 1. The Labute approximate surface area is 130 Å². The van der Waals surface area contributed by atoms with Gasteiger partial charge in [0.1, 0.15) is 12.4 Å². The maximum Gasteiger partial charge on any atom is 0.121 e. The Morgan fingerprint density at radius 3 is 2.81 bits per heavy atom. The highest BCUT2D eigenvalue weighted by molar-refractivity contribution is 6.35. The van der Waals surface area contributed by atoms with Gasteiger partial charge in [0.25, 0.3) is 0 Å². The second kappa shape index (κ2) is 6.60. The fraction of sp³-hybridized carbons (Fsp3) is 0.438. The number of likely N-dealkylation sites (N-methyl/N-ethyl adjacent to an activating group) is 1. The van der Waals surface area contributed by atoms with Crippen LogP contribution in [-0.2, 0) is 0 Å². The molecule has 1 fully saturated rings. The van der Waals surface area contributed by atoms with Crippen molar-refractivity contribution in [1.82, 2.24) is 14.8 Å². The molecular formula is C16H20ClN3O. The summed E-state index contributed by atoms with van der Waals surface area (Å²) in [4.78, 5) is 9.13. The molecule has 2 aromatic rings. The lowest BCUT2D eigenvalue weighted by Gasteiger charge is -2.32. The zero-order chi connectivity index (χ0) is 14.7. The molecule has 112 valence electrons. The highest BCUT2D eigenvalue weighted by atomic mass is 35.5. The van der Waals surface area contributed by atoms with Gasteiger partial charge in [-0.1, -0.05) is 11.6 Å². The van der Waals surface area contributed by atoms with Crippen LogP contribution < -0.4 is 4.74 Å². The third kappa shape index (κ3) is 3.64. The van der Waals surface area contributed by atoms with Crippen LogP contribution in [0.1, 0.15) is 0 Å². The SMILES string of the molecule is CN1CCN(CCOc2ccc3c(Cl)ccnc3c2)CC1.